The molecule has 0 aromatic heterocycles. The standard InChI is InChI=1S/C13H27NO/c1-9(2)10(12(3,4)5)11(15)14-13(6,7)8/h9-10H,1-8H3,(H,14,15)/t10-/m0/s1. The first-order valence-corrected chi connectivity index (χ1v) is 5.77. The molecule has 1 atom stereocenters. The first-order chi connectivity index (χ1) is 6.45. The molecule has 0 saturated carbocycles. The monoisotopic (exact) mass is 213 g/mol. The van der Waals surface area contributed by atoms with Crippen molar-refractivity contribution in [2.75, 3.05) is 0 Å². The fraction of sp³-hybridized carbons (Fsp3) is 0.923. The first-order valence-electron chi connectivity index (χ1n) is 5.77. The maximum absolute atomic E-state index is 12.1. The van der Waals surface area contributed by atoms with Crippen LogP contribution in [0.25, 0.3) is 0 Å². The topological polar surface area (TPSA) is 29.1 Å². The lowest BCUT2D eigenvalue weighted by Gasteiger charge is -2.35. The van der Waals surface area contributed by atoms with Gasteiger partial charge in [0.15, 0.2) is 0 Å². The average molecular weight is 213 g/mol. The zero-order chi connectivity index (χ0) is 12.4. The van der Waals surface area contributed by atoms with Crippen LogP contribution < -0.4 is 5.32 Å². The molecule has 0 radical (unpaired) electrons. The Morgan fingerprint density at radius 2 is 1.40 bits per heavy atom. The number of hydrogen-bond donors (Lipinski definition) is 1. The van der Waals surface area contributed by atoms with Crippen molar-refractivity contribution >= 4 is 5.91 Å². The minimum absolute atomic E-state index is 0.0174. The Bertz CT molecular complexity index is 218. The molecule has 0 fully saturated rings. The highest BCUT2D eigenvalue weighted by Crippen LogP contribution is 2.32. The Morgan fingerprint density at radius 3 is 1.60 bits per heavy atom. The van der Waals surface area contributed by atoms with Gasteiger partial charge in [-0.1, -0.05) is 34.6 Å². The van der Waals surface area contributed by atoms with Gasteiger partial charge in [-0.15, -0.1) is 0 Å². The van der Waals surface area contributed by atoms with Crippen molar-refractivity contribution in [2.45, 2.75) is 60.9 Å². The van der Waals surface area contributed by atoms with E-state index in [4.69, 9.17) is 0 Å². The highest BCUT2D eigenvalue weighted by molar-refractivity contribution is 5.80. The molecule has 0 spiro atoms. The van der Waals surface area contributed by atoms with Crippen LogP contribution in [0.4, 0.5) is 0 Å². The number of carbonyl (C=O) groups is 1. The zero-order valence-corrected chi connectivity index (χ0v) is 11.6. The van der Waals surface area contributed by atoms with E-state index in [1.807, 2.05) is 20.8 Å². The van der Waals surface area contributed by atoms with Crippen LogP contribution in [0.15, 0.2) is 0 Å². The van der Waals surface area contributed by atoms with E-state index in [2.05, 4.69) is 39.9 Å². The quantitative estimate of drug-likeness (QED) is 0.749. The predicted octanol–water partition coefficient (Wildman–Crippen LogP) is 3.22. The van der Waals surface area contributed by atoms with E-state index in [0.29, 0.717) is 5.92 Å². The van der Waals surface area contributed by atoms with Crippen molar-refractivity contribution in [1.29, 1.82) is 0 Å². The van der Waals surface area contributed by atoms with Crippen molar-refractivity contribution in [1.82, 2.24) is 5.32 Å². The van der Waals surface area contributed by atoms with Crippen molar-refractivity contribution in [3.8, 4) is 0 Å². The Morgan fingerprint density at radius 1 is 1.00 bits per heavy atom. The van der Waals surface area contributed by atoms with Crippen LogP contribution in [-0.4, -0.2) is 11.4 Å². The lowest BCUT2D eigenvalue weighted by Crippen LogP contribution is -2.48. The van der Waals surface area contributed by atoms with Crippen LogP contribution in [0.3, 0.4) is 0 Å². The third-order valence-electron chi connectivity index (χ3n) is 2.38. The molecule has 0 heterocycles. The number of hydrogen-bond acceptors (Lipinski definition) is 1. The highest BCUT2D eigenvalue weighted by atomic mass is 16.2. The molecule has 0 aromatic rings. The summed E-state index contributed by atoms with van der Waals surface area (Å²) in [5.41, 5.74) is -0.126. The summed E-state index contributed by atoms with van der Waals surface area (Å²) in [5.74, 6) is 0.606. The number of rotatable bonds is 2. The van der Waals surface area contributed by atoms with Crippen molar-refractivity contribution in [2.24, 2.45) is 17.3 Å². The summed E-state index contributed by atoms with van der Waals surface area (Å²) in [6, 6.07) is 0. The molecule has 0 saturated heterocycles. The van der Waals surface area contributed by atoms with Gasteiger partial charge in [0.25, 0.3) is 0 Å². The largest absolute Gasteiger partial charge is 0.351 e. The van der Waals surface area contributed by atoms with Crippen LogP contribution in [0.5, 0.6) is 0 Å². The second-order valence-electron chi connectivity index (χ2n) is 6.83. The van der Waals surface area contributed by atoms with Gasteiger partial charge < -0.3 is 5.32 Å². The van der Waals surface area contributed by atoms with Gasteiger partial charge in [0, 0.05) is 11.5 Å². The summed E-state index contributed by atoms with van der Waals surface area (Å²) in [6.07, 6.45) is 0. The third-order valence-corrected chi connectivity index (χ3v) is 2.38. The lowest BCUT2D eigenvalue weighted by atomic mass is 9.73. The van der Waals surface area contributed by atoms with Crippen molar-refractivity contribution in [3.05, 3.63) is 0 Å². The summed E-state index contributed by atoms with van der Waals surface area (Å²) >= 11 is 0. The summed E-state index contributed by atoms with van der Waals surface area (Å²) in [6.45, 7) is 16.6. The van der Waals surface area contributed by atoms with Crippen LogP contribution >= 0.6 is 0 Å². The SMILES string of the molecule is CC(C)[C@@H](C(=O)NC(C)(C)C)C(C)(C)C. The molecule has 0 aliphatic rings. The van der Waals surface area contributed by atoms with E-state index in [1.54, 1.807) is 0 Å². The lowest BCUT2D eigenvalue weighted by molar-refractivity contribution is -0.131. The van der Waals surface area contributed by atoms with Crippen LogP contribution in [-0.2, 0) is 4.79 Å². The Labute approximate surface area is 94.8 Å². The van der Waals surface area contributed by atoms with Crippen molar-refractivity contribution in [3.63, 3.8) is 0 Å². The molecular weight excluding hydrogens is 186 g/mol. The Hall–Kier alpha value is -0.530. The predicted molar refractivity (Wildman–Crippen MR) is 65.7 cm³/mol. The fourth-order valence-electron chi connectivity index (χ4n) is 2.14. The van der Waals surface area contributed by atoms with Crippen LogP contribution in [0, 0.1) is 17.3 Å². The molecule has 0 aliphatic heterocycles. The smallest absolute Gasteiger partial charge is 0.224 e. The molecule has 0 rings (SSSR count). The van der Waals surface area contributed by atoms with E-state index >= 15 is 0 Å². The van der Waals surface area contributed by atoms with Gasteiger partial charge in [0.05, 0.1) is 0 Å². The number of carbonyl (C=O) groups excluding carboxylic acids is 1. The summed E-state index contributed by atoms with van der Waals surface area (Å²) in [7, 11) is 0. The van der Waals surface area contributed by atoms with Gasteiger partial charge in [0.1, 0.15) is 0 Å². The molecule has 0 unspecified atom stereocenters. The molecule has 90 valence electrons. The van der Waals surface area contributed by atoms with Crippen molar-refractivity contribution < 1.29 is 4.79 Å². The molecule has 2 heteroatoms. The van der Waals surface area contributed by atoms with Gasteiger partial charge in [-0.3, -0.25) is 4.79 Å². The molecule has 1 N–H and O–H groups in total. The van der Waals surface area contributed by atoms with Crippen LogP contribution in [0.1, 0.15) is 55.4 Å². The summed E-state index contributed by atoms with van der Waals surface area (Å²) < 4.78 is 0. The van der Waals surface area contributed by atoms with Gasteiger partial charge in [0.2, 0.25) is 5.91 Å². The van der Waals surface area contributed by atoms with Gasteiger partial charge in [-0.2, -0.15) is 0 Å². The Balaban J connectivity index is 4.74. The first kappa shape index (κ1) is 14.5. The molecule has 0 aromatic carbocycles. The maximum Gasteiger partial charge on any atom is 0.224 e. The molecule has 1 amide bonds. The van der Waals surface area contributed by atoms with Gasteiger partial charge >= 0.3 is 0 Å². The van der Waals surface area contributed by atoms with E-state index in [-0.39, 0.29) is 22.8 Å². The summed E-state index contributed by atoms with van der Waals surface area (Å²) in [5, 5.41) is 3.07. The summed E-state index contributed by atoms with van der Waals surface area (Å²) in [4.78, 5) is 12.1. The third kappa shape index (κ3) is 5.19. The number of amides is 1. The minimum Gasteiger partial charge on any atom is -0.351 e. The number of nitrogens with one attached hydrogen (secondary N) is 1. The molecule has 0 bridgehead atoms. The van der Waals surface area contributed by atoms with E-state index in [1.165, 1.54) is 0 Å². The second-order valence-corrected chi connectivity index (χ2v) is 6.83. The minimum atomic E-state index is -0.143. The Kier molecular flexibility index (Phi) is 4.38. The molecular formula is C13H27NO. The average Bonchev–Trinajstić information content (AvgIpc) is 1.74. The molecule has 2 nitrogen and oxygen atoms in total. The van der Waals surface area contributed by atoms with E-state index in [0.717, 1.165) is 0 Å². The highest BCUT2D eigenvalue weighted by Gasteiger charge is 2.35. The van der Waals surface area contributed by atoms with Gasteiger partial charge in [-0.25, -0.2) is 0 Å². The van der Waals surface area contributed by atoms with E-state index in [9.17, 15) is 4.79 Å². The fourth-order valence-corrected chi connectivity index (χ4v) is 2.14. The van der Waals surface area contributed by atoms with Crippen LogP contribution in [0.2, 0.25) is 0 Å². The molecule has 15 heavy (non-hydrogen) atoms. The second kappa shape index (κ2) is 4.54. The zero-order valence-electron chi connectivity index (χ0n) is 11.6. The normalized spacial score (nSPS) is 15.3. The maximum atomic E-state index is 12.1. The van der Waals surface area contributed by atoms with Gasteiger partial charge in [-0.05, 0) is 32.1 Å². The van der Waals surface area contributed by atoms with E-state index < -0.39 is 0 Å². The molecule has 0 aliphatic carbocycles.